The van der Waals surface area contributed by atoms with Gasteiger partial charge in [0.15, 0.2) is 11.6 Å². The number of rotatable bonds is 7. The van der Waals surface area contributed by atoms with Gasteiger partial charge in [-0.1, -0.05) is 18.2 Å². The molecular weight excluding hydrogens is 310 g/mol. The van der Waals surface area contributed by atoms with Crippen molar-refractivity contribution in [3.05, 3.63) is 64.7 Å². The van der Waals surface area contributed by atoms with E-state index in [0.29, 0.717) is 18.7 Å². The average molecular weight is 334 g/mol. The van der Waals surface area contributed by atoms with Gasteiger partial charge in [0, 0.05) is 24.7 Å². The first-order valence-electron chi connectivity index (χ1n) is 7.89. The van der Waals surface area contributed by atoms with Crippen molar-refractivity contribution in [2.45, 2.75) is 26.1 Å². The summed E-state index contributed by atoms with van der Waals surface area (Å²) in [6.07, 6.45) is 0. The summed E-state index contributed by atoms with van der Waals surface area (Å²) >= 11 is 0. The Bertz CT molecular complexity index is 689. The van der Waals surface area contributed by atoms with Crippen LogP contribution < -0.4 is 10.1 Å². The van der Waals surface area contributed by atoms with E-state index in [1.54, 1.807) is 12.1 Å². The van der Waals surface area contributed by atoms with E-state index in [2.05, 4.69) is 5.32 Å². The fourth-order valence-corrected chi connectivity index (χ4v) is 2.54. The second-order valence-corrected chi connectivity index (χ2v) is 6.16. The fourth-order valence-electron chi connectivity index (χ4n) is 2.54. The topological polar surface area (TPSA) is 24.5 Å². The highest BCUT2D eigenvalue weighted by Crippen LogP contribution is 2.22. The molecule has 2 aromatic rings. The molecule has 24 heavy (non-hydrogen) atoms. The second-order valence-electron chi connectivity index (χ2n) is 6.16. The average Bonchev–Trinajstić information content (AvgIpc) is 2.54. The number of nitrogens with one attached hydrogen (secondary N) is 1. The molecular formula is C19H24F2N2O. The maximum Gasteiger partial charge on any atom is 0.165 e. The van der Waals surface area contributed by atoms with Crippen molar-refractivity contribution in [2.24, 2.45) is 0 Å². The summed E-state index contributed by atoms with van der Waals surface area (Å²) in [5, 5.41) is 3.34. The van der Waals surface area contributed by atoms with Crippen LogP contribution in [0.25, 0.3) is 0 Å². The number of hydrogen-bond acceptors (Lipinski definition) is 3. The highest BCUT2D eigenvalue weighted by molar-refractivity contribution is 5.31. The Morgan fingerprint density at radius 2 is 1.83 bits per heavy atom. The predicted octanol–water partition coefficient (Wildman–Crippen LogP) is 3.89. The van der Waals surface area contributed by atoms with Gasteiger partial charge in [-0.25, -0.2) is 8.78 Å². The van der Waals surface area contributed by atoms with Crippen LogP contribution in [0.5, 0.6) is 5.75 Å². The van der Waals surface area contributed by atoms with Gasteiger partial charge in [0.2, 0.25) is 0 Å². The summed E-state index contributed by atoms with van der Waals surface area (Å²) in [6.45, 7) is 3.10. The summed E-state index contributed by atoms with van der Waals surface area (Å²) in [5.41, 5.74) is 2.50. The smallest absolute Gasteiger partial charge is 0.165 e. The van der Waals surface area contributed by atoms with Crippen molar-refractivity contribution < 1.29 is 13.5 Å². The molecule has 0 radical (unpaired) electrons. The van der Waals surface area contributed by atoms with Crippen LogP contribution in [-0.4, -0.2) is 26.1 Å². The third-order valence-corrected chi connectivity index (χ3v) is 3.88. The molecule has 130 valence electrons. The lowest BCUT2D eigenvalue weighted by molar-refractivity contribution is 0.385. The summed E-state index contributed by atoms with van der Waals surface area (Å²) in [7, 11) is 5.26. The Kier molecular flexibility index (Phi) is 6.29. The molecule has 1 atom stereocenters. The van der Waals surface area contributed by atoms with Gasteiger partial charge in [0.1, 0.15) is 5.82 Å². The lowest BCUT2D eigenvalue weighted by Gasteiger charge is -2.16. The van der Waals surface area contributed by atoms with Crippen LogP contribution in [0, 0.1) is 11.6 Å². The SMILES string of the molecule is COc1ccc([C@@H](C)NCc2ccc(F)c(CN(C)C)c2)cc1F. The molecule has 0 heterocycles. The van der Waals surface area contributed by atoms with E-state index in [4.69, 9.17) is 4.74 Å². The molecule has 5 heteroatoms. The van der Waals surface area contributed by atoms with Crippen LogP contribution in [0.4, 0.5) is 8.78 Å². The third-order valence-electron chi connectivity index (χ3n) is 3.88. The number of halogens is 2. The maximum atomic E-state index is 13.8. The molecule has 3 nitrogen and oxygen atoms in total. The van der Waals surface area contributed by atoms with Crippen LogP contribution in [0.15, 0.2) is 36.4 Å². The van der Waals surface area contributed by atoms with Crippen LogP contribution >= 0.6 is 0 Å². The standard InChI is InChI=1S/C19H24F2N2O/c1-13(15-6-8-19(24-4)18(21)10-15)22-11-14-5-7-17(20)16(9-14)12-23(2)3/h5-10,13,22H,11-12H2,1-4H3/t13-/m1/s1. The Balaban J connectivity index is 2.03. The minimum atomic E-state index is -0.376. The summed E-state index contributed by atoms with van der Waals surface area (Å²) in [4.78, 5) is 1.93. The van der Waals surface area contributed by atoms with E-state index < -0.39 is 0 Å². The minimum Gasteiger partial charge on any atom is -0.494 e. The van der Waals surface area contributed by atoms with Crippen LogP contribution in [0.1, 0.15) is 29.7 Å². The molecule has 0 fully saturated rings. The zero-order valence-corrected chi connectivity index (χ0v) is 14.6. The molecule has 0 aromatic heterocycles. The summed E-state index contributed by atoms with van der Waals surface area (Å²) < 4.78 is 32.5. The molecule has 2 aromatic carbocycles. The third kappa shape index (κ3) is 4.76. The van der Waals surface area contributed by atoms with Gasteiger partial charge >= 0.3 is 0 Å². The molecule has 0 amide bonds. The van der Waals surface area contributed by atoms with E-state index in [1.165, 1.54) is 19.2 Å². The number of methoxy groups -OCH3 is 1. The first kappa shape index (κ1) is 18.4. The number of benzene rings is 2. The predicted molar refractivity (Wildman–Crippen MR) is 92.0 cm³/mol. The number of nitrogens with zero attached hydrogens (tertiary/aromatic N) is 1. The molecule has 0 aliphatic heterocycles. The Morgan fingerprint density at radius 3 is 2.46 bits per heavy atom. The van der Waals surface area contributed by atoms with Gasteiger partial charge in [-0.2, -0.15) is 0 Å². The molecule has 0 bridgehead atoms. The second kappa shape index (κ2) is 8.22. The number of ether oxygens (including phenoxy) is 1. The quantitative estimate of drug-likeness (QED) is 0.831. The Morgan fingerprint density at radius 1 is 1.08 bits per heavy atom. The van der Waals surface area contributed by atoms with E-state index in [9.17, 15) is 8.78 Å². The molecule has 0 aliphatic carbocycles. The molecule has 0 aliphatic rings. The van der Waals surface area contributed by atoms with Crippen molar-refractivity contribution in [1.29, 1.82) is 0 Å². The van der Waals surface area contributed by atoms with E-state index in [0.717, 1.165) is 11.1 Å². The van der Waals surface area contributed by atoms with Crippen molar-refractivity contribution in [1.82, 2.24) is 10.2 Å². The minimum absolute atomic E-state index is 0.0345. The van der Waals surface area contributed by atoms with Gasteiger partial charge in [0.25, 0.3) is 0 Å². The van der Waals surface area contributed by atoms with E-state index >= 15 is 0 Å². The van der Waals surface area contributed by atoms with Gasteiger partial charge in [-0.05, 0) is 50.3 Å². The van der Waals surface area contributed by atoms with Crippen LogP contribution in [0.2, 0.25) is 0 Å². The van der Waals surface area contributed by atoms with Crippen molar-refractivity contribution in [3.8, 4) is 5.75 Å². The van der Waals surface area contributed by atoms with Gasteiger partial charge in [0.05, 0.1) is 7.11 Å². The Hall–Kier alpha value is -1.98. The van der Waals surface area contributed by atoms with Crippen molar-refractivity contribution in [2.75, 3.05) is 21.2 Å². The van der Waals surface area contributed by atoms with Crippen molar-refractivity contribution in [3.63, 3.8) is 0 Å². The molecule has 0 saturated heterocycles. The van der Waals surface area contributed by atoms with Gasteiger partial charge in [-0.15, -0.1) is 0 Å². The fraction of sp³-hybridized carbons (Fsp3) is 0.368. The van der Waals surface area contributed by atoms with E-state index in [1.807, 2.05) is 38.1 Å². The highest BCUT2D eigenvalue weighted by atomic mass is 19.1. The van der Waals surface area contributed by atoms with E-state index in [-0.39, 0.29) is 23.4 Å². The monoisotopic (exact) mass is 334 g/mol. The highest BCUT2D eigenvalue weighted by Gasteiger charge is 2.10. The zero-order valence-electron chi connectivity index (χ0n) is 14.6. The summed E-state index contributed by atoms with van der Waals surface area (Å²) in [6, 6.07) is 10.0. The first-order chi connectivity index (χ1) is 11.4. The van der Waals surface area contributed by atoms with Crippen LogP contribution in [0.3, 0.4) is 0 Å². The number of hydrogen-bond donors (Lipinski definition) is 1. The normalized spacial score (nSPS) is 12.5. The van der Waals surface area contributed by atoms with Crippen LogP contribution in [-0.2, 0) is 13.1 Å². The zero-order chi connectivity index (χ0) is 17.7. The van der Waals surface area contributed by atoms with Gasteiger partial charge in [-0.3, -0.25) is 0 Å². The molecule has 1 N–H and O–H groups in total. The van der Waals surface area contributed by atoms with Gasteiger partial charge < -0.3 is 15.0 Å². The lowest BCUT2D eigenvalue weighted by Crippen LogP contribution is -2.19. The first-order valence-corrected chi connectivity index (χ1v) is 7.89. The molecule has 2 rings (SSSR count). The summed E-state index contributed by atoms with van der Waals surface area (Å²) in [5.74, 6) is -0.339. The lowest BCUT2D eigenvalue weighted by atomic mass is 10.1. The Labute approximate surface area is 142 Å². The molecule has 0 unspecified atom stereocenters. The van der Waals surface area contributed by atoms with Crippen molar-refractivity contribution >= 4 is 0 Å². The largest absolute Gasteiger partial charge is 0.494 e. The molecule has 0 saturated carbocycles. The maximum absolute atomic E-state index is 13.8. The molecule has 0 spiro atoms.